The zero-order valence-corrected chi connectivity index (χ0v) is 11.2. The summed E-state index contributed by atoms with van der Waals surface area (Å²) in [6.45, 7) is 1.82. The molecule has 0 aliphatic rings. The molecular weight excluding hydrogens is 252 g/mol. The van der Waals surface area contributed by atoms with Crippen LogP contribution in [0.3, 0.4) is 0 Å². The molecule has 4 nitrogen and oxygen atoms in total. The number of amides is 1. The summed E-state index contributed by atoms with van der Waals surface area (Å²) in [6.07, 6.45) is 0. The quantitative estimate of drug-likeness (QED) is 0.837. The van der Waals surface area contributed by atoms with E-state index < -0.39 is 0 Å². The van der Waals surface area contributed by atoms with Gasteiger partial charge in [-0.05, 0) is 42.8 Å². The summed E-state index contributed by atoms with van der Waals surface area (Å²) in [4.78, 5) is 23.4. The summed E-state index contributed by atoms with van der Waals surface area (Å²) >= 11 is 0. The Morgan fingerprint density at radius 1 is 1.05 bits per heavy atom. The van der Waals surface area contributed by atoms with Gasteiger partial charge in [-0.3, -0.25) is 9.59 Å². The lowest BCUT2D eigenvalue weighted by molar-refractivity contribution is 0.101. The van der Waals surface area contributed by atoms with Gasteiger partial charge in [-0.2, -0.15) is 0 Å². The average molecular weight is 268 g/mol. The van der Waals surface area contributed by atoms with Gasteiger partial charge in [-0.1, -0.05) is 18.2 Å². The largest absolute Gasteiger partial charge is 0.326 e. The predicted octanol–water partition coefficient (Wildman–Crippen LogP) is 2.60. The van der Waals surface area contributed by atoms with Crippen molar-refractivity contribution in [2.75, 3.05) is 5.32 Å². The highest BCUT2D eigenvalue weighted by atomic mass is 16.1. The molecule has 1 amide bonds. The first-order valence-corrected chi connectivity index (χ1v) is 6.32. The van der Waals surface area contributed by atoms with Gasteiger partial charge < -0.3 is 11.1 Å². The second-order valence-electron chi connectivity index (χ2n) is 4.45. The number of carbonyl (C=O) groups is 2. The number of anilines is 1. The number of hydrogen-bond donors (Lipinski definition) is 2. The molecule has 4 heteroatoms. The number of benzene rings is 2. The van der Waals surface area contributed by atoms with E-state index in [1.165, 1.54) is 6.92 Å². The molecular formula is C16H16N2O2. The number of nitrogens with one attached hydrogen (secondary N) is 1. The summed E-state index contributed by atoms with van der Waals surface area (Å²) in [5.41, 5.74) is 8.24. The first-order valence-electron chi connectivity index (χ1n) is 6.32. The number of Topliss-reactive ketones (excluding diaryl/α,β-unsaturated/α-hetero) is 1. The lowest BCUT2D eigenvalue weighted by Gasteiger charge is -2.09. The molecule has 102 valence electrons. The van der Waals surface area contributed by atoms with Gasteiger partial charge in [-0.15, -0.1) is 0 Å². The van der Waals surface area contributed by atoms with Gasteiger partial charge in [0.25, 0.3) is 5.91 Å². The molecule has 0 bridgehead atoms. The van der Waals surface area contributed by atoms with Crippen LogP contribution in [0.15, 0.2) is 48.5 Å². The Morgan fingerprint density at radius 2 is 1.70 bits per heavy atom. The highest BCUT2D eigenvalue weighted by molar-refractivity contribution is 6.05. The molecule has 0 saturated carbocycles. The van der Waals surface area contributed by atoms with Crippen molar-refractivity contribution in [3.8, 4) is 0 Å². The van der Waals surface area contributed by atoms with Crippen LogP contribution in [0, 0.1) is 0 Å². The van der Waals surface area contributed by atoms with Crippen LogP contribution in [0.2, 0.25) is 0 Å². The van der Waals surface area contributed by atoms with E-state index in [0.717, 1.165) is 5.56 Å². The molecule has 2 aromatic rings. The summed E-state index contributed by atoms with van der Waals surface area (Å²) in [7, 11) is 0. The molecule has 0 unspecified atom stereocenters. The van der Waals surface area contributed by atoms with Gasteiger partial charge in [-0.25, -0.2) is 0 Å². The van der Waals surface area contributed by atoms with Crippen LogP contribution in [0.25, 0.3) is 0 Å². The summed E-state index contributed by atoms with van der Waals surface area (Å²) < 4.78 is 0. The van der Waals surface area contributed by atoms with E-state index in [0.29, 0.717) is 23.4 Å². The molecule has 3 N–H and O–H groups in total. The maximum absolute atomic E-state index is 12.2. The minimum Gasteiger partial charge on any atom is -0.326 e. The van der Waals surface area contributed by atoms with E-state index in [4.69, 9.17) is 5.73 Å². The molecule has 20 heavy (non-hydrogen) atoms. The third-order valence-electron chi connectivity index (χ3n) is 3.03. The second kappa shape index (κ2) is 6.12. The smallest absolute Gasteiger partial charge is 0.255 e. The van der Waals surface area contributed by atoms with E-state index in [1.54, 1.807) is 36.4 Å². The van der Waals surface area contributed by atoms with Crippen molar-refractivity contribution < 1.29 is 9.59 Å². The molecule has 0 fully saturated rings. The molecule has 0 radical (unpaired) electrons. The zero-order valence-electron chi connectivity index (χ0n) is 11.2. The lowest BCUT2D eigenvalue weighted by atomic mass is 10.1. The van der Waals surface area contributed by atoms with Crippen molar-refractivity contribution >= 4 is 17.4 Å². The molecule has 0 heterocycles. The Morgan fingerprint density at radius 3 is 2.30 bits per heavy atom. The fourth-order valence-corrected chi connectivity index (χ4v) is 1.91. The van der Waals surface area contributed by atoms with Crippen molar-refractivity contribution in [3.63, 3.8) is 0 Å². The highest BCUT2D eigenvalue weighted by Gasteiger charge is 2.10. The SMILES string of the molecule is CC(=O)c1ccc(NC(=O)c2ccccc2CN)cc1. The van der Waals surface area contributed by atoms with E-state index >= 15 is 0 Å². The Balaban J connectivity index is 2.17. The highest BCUT2D eigenvalue weighted by Crippen LogP contribution is 2.14. The standard InChI is InChI=1S/C16H16N2O2/c1-11(19)12-6-8-14(9-7-12)18-16(20)15-5-3-2-4-13(15)10-17/h2-9H,10,17H2,1H3,(H,18,20). The Hall–Kier alpha value is -2.46. The molecule has 0 atom stereocenters. The van der Waals surface area contributed by atoms with Crippen molar-refractivity contribution in [2.45, 2.75) is 13.5 Å². The van der Waals surface area contributed by atoms with E-state index in [-0.39, 0.29) is 11.7 Å². The molecule has 0 saturated heterocycles. The fraction of sp³-hybridized carbons (Fsp3) is 0.125. The van der Waals surface area contributed by atoms with Crippen LogP contribution in [-0.4, -0.2) is 11.7 Å². The van der Waals surface area contributed by atoms with Crippen LogP contribution in [0.5, 0.6) is 0 Å². The van der Waals surface area contributed by atoms with Crippen molar-refractivity contribution in [1.29, 1.82) is 0 Å². The Bertz CT molecular complexity index is 633. The lowest BCUT2D eigenvalue weighted by Crippen LogP contribution is -2.15. The number of carbonyl (C=O) groups excluding carboxylic acids is 2. The van der Waals surface area contributed by atoms with E-state index in [2.05, 4.69) is 5.32 Å². The predicted molar refractivity (Wildman–Crippen MR) is 78.7 cm³/mol. The maximum Gasteiger partial charge on any atom is 0.255 e. The van der Waals surface area contributed by atoms with Gasteiger partial charge in [0.1, 0.15) is 0 Å². The topological polar surface area (TPSA) is 72.2 Å². The minimum atomic E-state index is -0.207. The van der Waals surface area contributed by atoms with Crippen molar-refractivity contribution in [2.24, 2.45) is 5.73 Å². The van der Waals surface area contributed by atoms with Crippen LogP contribution < -0.4 is 11.1 Å². The third kappa shape index (κ3) is 3.10. The summed E-state index contributed by atoms with van der Waals surface area (Å²) in [6, 6.07) is 14.0. The maximum atomic E-state index is 12.2. The molecule has 2 rings (SSSR count). The average Bonchev–Trinajstić information content (AvgIpc) is 2.47. The van der Waals surface area contributed by atoms with Crippen LogP contribution in [-0.2, 0) is 6.54 Å². The van der Waals surface area contributed by atoms with Gasteiger partial charge in [0, 0.05) is 23.4 Å². The Kier molecular flexibility index (Phi) is 4.27. The van der Waals surface area contributed by atoms with Gasteiger partial charge in [0.2, 0.25) is 0 Å². The fourth-order valence-electron chi connectivity index (χ4n) is 1.91. The second-order valence-corrected chi connectivity index (χ2v) is 4.45. The normalized spacial score (nSPS) is 10.1. The molecule has 0 aromatic heterocycles. The van der Waals surface area contributed by atoms with Crippen LogP contribution in [0.4, 0.5) is 5.69 Å². The van der Waals surface area contributed by atoms with E-state index in [1.807, 2.05) is 12.1 Å². The zero-order chi connectivity index (χ0) is 14.5. The first-order chi connectivity index (χ1) is 9.61. The minimum absolute atomic E-state index is 0.00338. The van der Waals surface area contributed by atoms with Gasteiger partial charge >= 0.3 is 0 Å². The number of nitrogens with two attached hydrogens (primary N) is 1. The molecule has 0 aliphatic heterocycles. The van der Waals surface area contributed by atoms with Crippen molar-refractivity contribution in [1.82, 2.24) is 0 Å². The van der Waals surface area contributed by atoms with Crippen LogP contribution in [0.1, 0.15) is 33.2 Å². The summed E-state index contributed by atoms with van der Waals surface area (Å²) in [5.74, 6) is -0.210. The van der Waals surface area contributed by atoms with E-state index in [9.17, 15) is 9.59 Å². The number of rotatable bonds is 4. The van der Waals surface area contributed by atoms with Crippen LogP contribution >= 0.6 is 0 Å². The van der Waals surface area contributed by atoms with Gasteiger partial charge in [0.05, 0.1) is 0 Å². The van der Waals surface area contributed by atoms with Crippen molar-refractivity contribution in [3.05, 3.63) is 65.2 Å². The Labute approximate surface area is 117 Å². The molecule has 0 spiro atoms. The first kappa shape index (κ1) is 14.0. The van der Waals surface area contributed by atoms with Gasteiger partial charge in [0.15, 0.2) is 5.78 Å². The number of hydrogen-bond acceptors (Lipinski definition) is 3. The summed E-state index contributed by atoms with van der Waals surface area (Å²) in [5, 5.41) is 2.79. The molecule has 0 aliphatic carbocycles. The monoisotopic (exact) mass is 268 g/mol. The number of ketones is 1. The molecule has 2 aromatic carbocycles. The third-order valence-corrected chi connectivity index (χ3v) is 3.03.